The fourth-order valence-corrected chi connectivity index (χ4v) is 3.69. The van der Waals surface area contributed by atoms with Crippen molar-refractivity contribution in [3.63, 3.8) is 0 Å². The quantitative estimate of drug-likeness (QED) is 0.203. The fraction of sp³-hybridized carbons (Fsp3) is 0.318. The number of rotatable bonds is 7. The van der Waals surface area contributed by atoms with Gasteiger partial charge in [-0.05, 0) is 67.3 Å². The summed E-state index contributed by atoms with van der Waals surface area (Å²) in [4.78, 5) is 0. The molecule has 6 nitrogen and oxygen atoms in total. The number of alkyl halides is 3. The molecule has 1 heterocycles. The molecule has 1 aliphatic carbocycles. The zero-order chi connectivity index (χ0) is 22.2. The van der Waals surface area contributed by atoms with Gasteiger partial charge >= 0.3 is 6.36 Å². The van der Waals surface area contributed by atoms with E-state index in [9.17, 15) is 13.2 Å². The van der Waals surface area contributed by atoms with Crippen LogP contribution in [0.25, 0.3) is 0 Å². The van der Waals surface area contributed by atoms with E-state index < -0.39 is 6.36 Å². The van der Waals surface area contributed by atoms with Crippen molar-refractivity contribution in [1.29, 1.82) is 0 Å². The monoisotopic (exact) mass is 431 g/mol. The smallest absolute Gasteiger partial charge is 0.406 e. The van der Waals surface area contributed by atoms with Crippen molar-refractivity contribution < 1.29 is 17.9 Å². The van der Waals surface area contributed by atoms with Crippen molar-refractivity contribution >= 4 is 17.2 Å². The highest BCUT2D eigenvalue weighted by Gasteiger charge is 2.47. The second kappa shape index (κ2) is 8.14. The summed E-state index contributed by atoms with van der Waals surface area (Å²) in [5.74, 6) is 0.538. The Hall–Kier alpha value is -3.20. The van der Waals surface area contributed by atoms with Gasteiger partial charge in [0.05, 0.1) is 17.4 Å². The van der Waals surface area contributed by atoms with E-state index in [0.29, 0.717) is 34.6 Å². The first-order valence-corrected chi connectivity index (χ1v) is 10.0. The molecule has 0 aromatic heterocycles. The lowest BCUT2D eigenvalue weighted by Gasteiger charge is -2.26. The van der Waals surface area contributed by atoms with E-state index in [0.717, 1.165) is 0 Å². The molecule has 2 unspecified atom stereocenters. The Labute approximate surface area is 178 Å². The third-order valence-electron chi connectivity index (χ3n) is 5.64. The Balaban J connectivity index is 1.60. The van der Waals surface area contributed by atoms with Crippen LogP contribution in [-0.4, -0.2) is 24.3 Å². The molecular formula is C22H24F3N5O. The Morgan fingerprint density at radius 1 is 1.10 bits per heavy atom. The molecule has 2 atom stereocenters. The lowest BCUT2D eigenvalue weighted by molar-refractivity contribution is -0.274. The maximum atomic E-state index is 12.5. The molecule has 1 aliphatic heterocycles. The van der Waals surface area contributed by atoms with E-state index >= 15 is 0 Å². The van der Waals surface area contributed by atoms with Crippen molar-refractivity contribution in [2.75, 3.05) is 10.7 Å². The second-order valence-corrected chi connectivity index (χ2v) is 7.81. The summed E-state index contributed by atoms with van der Waals surface area (Å²) in [6, 6.07) is 12.8. The zero-order valence-electron chi connectivity index (χ0n) is 16.8. The summed E-state index contributed by atoms with van der Waals surface area (Å²) in [5.41, 5.74) is 14.4. The number of nitrogen functional groups attached to an aromatic ring is 1. The van der Waals surface area contributed by atoms with Crippen LogP contribution in [0.1, 0.15) is 24.8 Å². The maximum Gasteiger partial charge on any atom is 0.573 e. The largest absolute Gasteiger partial charge is 0.573 e. The topological polar surface area (TPSA) is 98.8 Å². The maximum absolute atomic E-state index is 12.5. The number of anilines is 2. The molecule has 0 bridgehead atoms. The first kappa shape index (κ1) is 21.0. The van der Waals surface area contributed by atoms with Crippen LogP contribution in [-0.2, 0) is 0 Å². The van der Waals surface area contributed by atoms with Gasteiger partial charge in [-0.3, -0.25) is 0 Å². The number of hydrogen-bond acceptors (Lipinski definition) is 5. The van der Waals surface area contributed by atoms with Crippen molar-refractivity contribution in [3.05, 3.63) is 66.4 Å². The molecule has 31 heavy (non-hydrogen) atoms. The Kier molecular flexibility index (Phi) is 5.53. The van der Waals surface area contributed by atoms with E-state index in [-0.39, 0.29) is 17.6 Å². The molecule has 5 N–H and O–H groups in total. The van der Waals surface area contributed by atoms with Crippen LogP contribution in [0.4, 0.5) is 24.5 Å². The highest BCUT2D eigenvalue weighted by atomic mass is 19.4. The lowest BCUT2D eigenvalue weighted by atomic mass is 9.81. The highest BCUT2D eigenvalue weighted by molar-refractivity contribution is 5.98. The first-order chi connectivity index (χ1) is 14.7. The van der Waals surface area contributed by atoms with Gasteiger partial charge in [-0.25, -0.2) is 5.01 Å². The summed E-state index contributed by atoms with van der Waals surface area (Å²) in [6.07, 6.45) is -1.16. The number of halogens is 3. The number of hydrazone groups is 1. The minimum absolute atomic E-state index is 0.0411. The minimum Gasteiger partial charge on any atom is -0.406 e. The van der Waals surface area contributed by atoms with Crippen LogP contribution in [0.5, 0.6) is 5.75 Å². The van der Waals surface area contributed by atoms with Gasteiger partial charge in [0.25, 0.3) is 0 Å². The molecule has 164 valence electrons. The average Bonchev–Trinajstić information content (AvgIpc) is 3.44. The second-order valence-electron chi connectivity index (χ2n) is 7.81. The molecule has 0 amide bonds. The number of amidine groups is 1. The van der Waals surface area contributed by atoms with Crippen molar-refractivity contribution in [1.82, 2.24) is 5.32 Å². The van der Waals surface area contributed by atoms with Gasteiger partial charge < -0.3 is 21.5 Å². The lowest BCUT2D eigenvalue weighted by Crippen LogP contribution is -2.27. The average molecular weight is 431 g/mol. The molecule has 9 heteroatoms. The molecule has 2 fully saturated rings. The predicted octanol–water partition coefficient (Wildman–Crippen LogP) is 3.95. The van der Waals surface area contributed by atoms with Crippen LogP contribution in [0.2, 0.25) is 0 Å². The van der Waals surface area contributed by atoms with Crippen LogP contribution < -0.4 is 26.5 Å². The van der Waals surface area contributed by atoms with E-state index in [1.807, 2.05) is 0 Å². The summed E-state index contributed by atoms with van der Waals surface area (Å²) in [7, 11) is 0. The van der Waals surface area contributed by atoms with Gasteiger partial charge in [-0.1, -0.05) is 13.0 Å². The molecule has 1 saturated heterocycles. The van der Waals surface area contributed by atoms with Gasteiger partial charge in [0.15, 0.2) is 5.84 Å². The highest BCUT2D eigenvalue weighted by Crippen LogP contribution is 2.40. The molecule has 0 radical (unpaired) electrons. The Morgan fingerprint density at radius 2 is 1.74 bits per heavy atom. The normalized spacial score (nSPS) is 21.3. The van der Waals surface area contributed by atoms with E-state index in [2.05, 4.69) is 21.7 Å². The summed E-state index contributed by atoms with van der Waals surface area (Å²) in [5, 5.41) is 9.55. The molecule has 1 saturated carbocycles. The molecular weight excluding hydrogens is 407 g/mol. The minimum atomic E-state index is -4.75. The van der Waals surface area contributed by atoms with Crippen LogP contribution in [0.3, 0.4) is 0 Å². The van der Waals surface area contributed by atoms with E-state index in [1.165, 1.54) is 43.5 Å². The van der Waals surface area contributed by atoms with Gasteiger partial charge in [-0.2, -0.15) is 0 Å². The number of hydrogen-bond donors (Lipinski definition) is 3. The molecule has 2 aliphatic rings. The predicted molar refractivity (Wildman–Crippen MR) is 114 cm³/mol. The fourth-order valence-electron chi connectivity index (χ4n) is 3.69. The van der Waals surface area contributed by atoms with Crippen molar-refractivity contribution in [2.45, 2.75) is 37.7 Å². The van der Waals surface area contributed by atoms with Crippen LogP contribution in [0.15, 0.2) is 65.9 Å². The first-order valence-electron chi connectivity index (χ1n) is 10.0. The van der Waals surface area contributed by atoms with Crippen LogP contribution in [0, 0.1) is 5.92 Å². The number of nitrogens with zero attached hydrogens (tertiary/aromatic N) is 2. The number of nitrogens with two attached hydrogens (primary N) is 2. The summed E-state index contributed by atoms with van der Waals surface area (Å²) >= 11 is 0. The molecule has 4 rings (SSSR count). The Bertz CT molecular complexity index is 968. The molecule has 0 spiro atoms. The van der Waals surface area contributed by atoms with Gasteiger partial charge in [0.1, 0.15) is 5.75 Å². The van der Waals surface area contributed by atoms with Gasteiger partial charge in [0.2, 0.25) is 0 Å². The van der Waals surface area contributed by atoms with Crippen LogP contribution >= 0.6 is 0 Å². The number of benzene rings is 2. The van der Waals surface area contributed by atoms with Crippen molar-refractivity contribution in [3.8, 4) is 5.75 Å². The standard InChI is InChI=1S/C22H24F3N5O/c1-13(19-20(28-19)14-3-2-4-14)30(29-21(27)15-5-7-16(26)8-6-15)17-9-11-18(12-10-17)31-22(23,24)25/h5-12,14,19-20,28H,1-4,26H2,(H2,27,29). The van der Waals surface area contributed by atoms with E-state index in [1.54, 1.807) is 29.3 Å². The third-order valence-corrected chi connectivity index (χ3v) is 5.64. The molecule has 2 aromatic rings. The summed E-state index contributed by atoms with van der Waals surface area (Å²) < 4.78 is 41.4. The summed E-state index contributed by atoms with van der Waals surface area (Å²) in [6.45, 7) is 4.20. The molecule has 2 aromatic carbocycles. The van der Waals surface area contributed by atoms with E-state index in [4.69, 9.17) is 11.5 Å². The SMILES string of the molecule is C=C(C1NC1C1CCC1)N(/N=C(\N)c1ccc(N)cc1)c1ccc(OC(F)(F)F)cc1. The van der Waals surface area contributed by atoms with Gasteiger partial charge in [0, 0.05) is 17.3 Å². The van der Waals surface area contributed by atoms with Crippen molar-refractivity contribution in [2.24, 2.45) is 16.8 Å². The Morgan fingerprint density at radius 3 is 2.29 bits per heavy atom. The van der Waals surface area contributed by atoms with Gasteiger partial charge in [-0.15, -0.1) is 18.3 Å². The number of nitrogens with one attached hydrogen (secondary N) is 1. The zero-order valence-corrected chi connectivity index (χ0v) is 16.8. The third kappa shape index (κ3) is 4.93. The number of ether oxygens (including phenoxy) is 1.